The molecule has 0 aromatic heterocycles. The van der Waals surface area contributed by atoms with Crippen LogP contribution in [0.15, 0.2) is 0 Å². The van der Waals surface area contributed by atoms with Gasteiger partial charge in [-0.05, 0) is 7.05 Å². The van der Waals surface area contributed by atoms with Crippen molar-refractivity contribution in [3.63, 3.8) is 0 Å². The van der Waals surface area contributed by atoms with Crippen LogP contribution in [0.3, 0.4) is 0 Å². The van der Waals surface area contributed by atoms with Gasteiger partial charge in [-0.15, -0.1) is 0 Å². The summed E-state index contributed by atoms with van der Waals surface area (Å²) in [6.45, 7) is 0.799. The van der Waals surface area contributed by atoms with Crippen LogP contribution in [0, 0.1) is 5.92 Å². The quantitative estimate of drug-likeness (QED) is 0.509. The summed E-state index contributed by atoms with van der Waals surface area (Å²) in [6.07, 6.45) is -1.06. The first-order chi connectivity index (χ1) is 5.15. The van der Waals surface area contributed by atoms with Crippen LogP contribution in [0.2, 0.25) is 0 Å². The van der Waals surface area contributed by atoms with E-state index in [-0.39, 0.29) is 0 Å². The van der Waals surface area contributed by atoms with E-state index in [0.717, 1.165) is 0 Å². The number of hydrogen-bond donors (Lipinski definition) is 0. The number of carbonyl (C=O) groups excluding carboxylic acids is 1. The van der Waals surface area contributed by atoms with Gasteiger partial charge < -0.3 is 9.64 Å². The molecule has 64 valence electrons. The summed E-state index contributed by atoms with van der Waals surface area (Å²) in [5, 5.41) is 0. The molecule has 3 nitrogen and oxygen atoms in total. The number of carbonyl (C=O) groups is 1. The highest BCUT2D eigenvalue weighted by atomic mass is 19.1. The number of halogens is 1. The fourth-order valence-electron chi connectivity index (χ4n) is 1.32. The first-order valence-corrected chi connectivity index (χ1v) is 3.55. The van der Waals surface area contributed by atoms with Crippen LogP contribution in [-0.2, 0) is 9.53 Å². The van der Waals surface area contributed by atoms with Crippen LogP contribution in [0.25, 0.3) is 0 Å². The van der Waals surface area contributed by atoms with Gasteiger partial charge in [-0.1, -0.05) is 0 Å². The zero-order valence-corrected chi connectivity index (χ0v) is 6.71. The maximum Gasteiger partial charge on any atom is 0.312 e. The molecule has 0 bridgehead atoms. The molecule has 0 radical (unpaired) electrons. The third-order valence-corrected chi connectivity index (χ3v) is 1.93. The van der Waals surface area contributed by atoms with E-state index in [1.165, 1.54) is 7.11 Å². The molecule has 1 heterocycles. The number of likely N-dealkylation sites (tertiary alicyclic amines) is 1. The molecule has 2 atom stereocenters. The minimum atomic E-state index is -1.06. The van der Waals surface area contributed by atoms with Crippen LogP contribution in [0.5, 0.6) is 0 Å². The van der Waals surface area contributed by atoms with Gasteiger partial charge in [-0.3, -0.25) is 4.79 Å². The number of esters is 1. The van der Waals surface area contributed by atoms with Crippen LogP contribution >= 0.6 is 0 Å². The molecule has 1 fully saturated rings. The van der Waals surface area contributed by atoms with Crippen LogP contribution in [-0.4, -0.2) is 44.3 Å². The van der Waals surface area contributed by atoms with Gasteiger partial charge in [0.25, 0.3) is 0 Å². The van der Waals surface area contributed by atoms with E-state index in [1.54, 1.807) is 11.9 Å². The van der Waals surface area contributed by atoms with Crippen LogP contribution < -0.4 is 0 Å². The number of alkyl halides is 1. The molecule has 11 heavy (non-hydrogen) atoms. The Morgan fingerprint density at radius 2 is 2.27 bits per heavy atom. The largest absolute Gasteiger partial charge is 0.469 e. The molecule has 0 amide bonds. The lowest BCUT2D eigenvalue weighted by Crippen LogP contribution is -2.24. The highest BCUT2D eigenvalue weighted by Gasteiger charge is 2.36. The van der Waals surface area contributed by atoms with Crippen molar-refractivity contribution in [1.82, 2.24) is 4.90 Å². The van der Waals surface area contributed by atoms with Gasteiger partial charge in [0, 0.05) is 13.1 Å². The van der Waals surface area contributed by atoms with E-state index in [9.17, 15) is 9.18 Å². The molecule has 4 heteroatoms. The average molecular weight is 161 g/mol. The highest BCUT2D eigenvalue weighted by molar-refractivity contribution is 5.73. The third kappa shape index (κ3) is 1.68. The Kier molecular flexibility index (Phi) is 2.44. The monoisotopic (exact) mass is 161 g/mol. The molecule has 0 aromatic rings. The minimum absolute atomic E-state index is 0.333. The second kappa shape index (κ2) is 3.17. The maximum atomic E-state index is 12.9. The molecule has 1 rings (SSSR count). The second-order valence-corrected chi connectivity index (χ2v) is 2.87. The lowest BCUT2D eigenvalue weighted by Gasteiger charge is -2.07. The van der Waals surface area contributed by atoms with Crippen molar-refractivity contribution in [3.05, 3.63) is 0 Å². The summed E-state index contributed by atoms with van der Waals surface area (Å²) >= 11 is 0. The predicted octanol–water partition coefficient (Wildman–Crippen LogP) is 0.0591. The summed E-state index contributed by atoms with van der Waals surface area (Å²) in [5.41, 5.74) is 0. The Balaban J connectivity index is 2.52. The molecule has 0 unspecified atom stereocenters. The van der Waals surface area contributed by atoms with Crippen LogP contribution in [0.1, 0.15) is 0 Å². The Bertz CT molecular complexity index is 163. The van der Waals surface area contributed by atoms with Crippen molar-refractivity contribution in [2.24, 2.45) is 5.92 Å². The second-order valence-electron chi connectivity index (χ2n) is 2.87. The molecule has 1 aliphatic heterocycles. The normalized spacial score (nSPS) is 32.3. The smallest absolute Gasteiger partial charge is 0.312 e. The number of methoxy groups -OCH3 is 1. The molecular weight excluding hydrogens is 149 g/mol. The summed E-state index contributed by atoms with van der Waals surface area (Å²) < 4.78 is 17.4. The highest BCUT2D eigenvalue weighted by Crippen LogP contribution is 2.19. The molecule has 0 aliphatic carbocycles. The van der Waals surface area contributed by atoms with Gasteiger partial charge in [0.05, 0.1) is 7.11 Å². The number of hydrogen-bond acceptors (Lipinski definition) is 3. The van der Waals surface area contributed by atoms with Crippen molar-refractivity contribution < 1.29 is 13.9 Å². The average Bonchev–Trinajstić information content (AvgIpc) is 2.28. The van der Waals surface area contributed by atoms with E-state index in [1.807, 2.05) is 0 Å². The van der Waals surface area contributed by atoms with Gasteiger partial charge >= 0.3 is 5.97 Å². The zero-order chi connectivity index (χ0) is 8.43. The predicted molar refractivity (Wildman–Crippen MR) is 37.9 cm³/mol. The van der Waals surface area contributed by atoms with Gasteiger partial charge in [0.15, 0.2) is 0 Å². The molecule has 0 spiro atoms. The van der Waals surface area contributed by atoms with E-state index >= 15 is 0 Å². The Hall–Kier alpha value is -0.640. The molecule has 0 N–H and O–H groups in total. The first kappa shape index (κ1) is 8.46. The summed E-state index contributed by atoms with van der Waals surface area (Å²) in [7, 11) is 3.07. The number of nitrogens with zero attached hydrogens (tertiary/aromatic N) is 1. The molecule has 0 aromatic carbocycles. The Morgan fingerprint density at radius 1 is 1.64 bits per heavy atom. The Morgan fingerprint density at radius 3 is 2.64 bits per heavy atom. The van der Waals surface area contributed by atoms with Crippen molar-refractivity contribution in [1.29, 1.82) is 0 Å². The first-order valence-electron chi connectivity index (χ1n) is 3.55. The standard InChI is InChI=1S/C7H12FNO2/c1-9-3-5(6(8)4-9)7(10)11-2/h5-6H,3-4H2,1-2H3/t5-,6-/m1/s1. The molecular formula is C7H12FNO2. The van der Waals surface area contributed by atoms with Crippen LogP contribution in [0.4, 0.5) is 4.39 Å². The fourth-order valence-corrected chi connectivity index (χ4v) is 1.32. The summed E-state index contributed by atoms with van der Waals surface area (Å²) in [6, 6.07) is 0. The maximum absolute atomic E-state index is 12.9. The molecule has 0 saturated carbocycles. The molecule has 1 saturated heterocycles. The lowest BCUT2D eigenvalue weighted by molar-refractivity contribution is -0.146. The van der Waals surface area contributed by atoms with Gasteiger partial charge in [0.2, 0.25) is 0 Å². The third-order valence-electron chi connectivity index (χ3n) is 1.93. The van der Waals surface area contributed by atoms with Gasteiger partial charge in [-0.25, -0.2) is 4.39 Å². The molecule has 1 aliphatic rings. The zero-order valence-electron chi connectivity index (χ0n) is 6.71. The van der Waals surface area contributed by atoms with Crippen molar-refractivity contribution >= 4 is 5.97 Å². The lowest BCUT2D eigenvalue weighted by atomic mass is 10.1. The topological polar surface area (TPSA) is 29.5 Å². The fraction of sp³-hybridized carbons (Fsp3) is 0.857. The van der Waals surface area contributed by atoms with Gasteiger partial charge in [-0.2, -0.15) is 0 Å². The van der Waals surface area contributed by atoms with E-state index in [2.05, 4.69) is 4.74 Å². The minimum Gasteiger partial charge on any atom is -0.469 e. The number of rotatable bonds is 1. The van der Waals surface area contributed by atoms with Crippen molar-refractivity contribution in [2.45, 2.75) is 6.17 Å². The van der Waals surface area contributed by atoms with E-state index in [0.29, 0.717) is 13.1 Å². The van der Waals surface area contributed by atoms with Crippen molar-refractivity contribution in [2.75, 3.05) is 27.2 Å². The summed E-state index contributed by atoms with van der Waals surface area (Å²) in [4.78, 5) is 12.7. The van der Waals surface area contributed by atoms with Crippen molar-refractivity contribution in [3.8, 4) is 0 Å². The van der Waals surface area contributed by atoms with E-state index < -0.39 is 18.1 Å². The number of ether oxygens (including phenoxy) is 1. The summed E-state index contributed by atoms with van der Waals surface area (Å²) in [5.74, 6) is -1.02. The SMILES string of the molecule is COC(=O)[C@@H]1CN(C)C[C@H]1F. The van der Waals surface area contributed by atoms with Gasteiger partial charge in [0.1, 0.15) is 12.1 Å². The van der Waals surface area contributed by atoms with E-state index in [4.69, 9.17) is 0 Å². The Labute approximate surface area is 65.1 Å².